The highest BCUT2D eigenvalue weighted by Crippen LogP contribution is 1.73. The lowest BCUT2D eigenvalue weighted by Gasteiger charge is -2.08. The predicted molar refractivity (Wildman–Crippen MR) is 53.4 cm³/mol. The Balaban J connectivity index is 3.79. The van der Waals surface area contributed by atoms with Crippen molar-refractivity contribution in [2.24, 2.45) is 0 Å². The maximum atomic E-state index is 11.0. The summed E-state index contributed by atoms with van der Waals surface area (Å²) in [5.74, 6) is -2.30. The van der Waals surface area contributed by atoms with Crippen LogP contribution in [0.3, 0.4) is 0 Å². The number of carboxylic acids is 1. The zero-order valence-corrected chi connectivity index (χ0v) is 9.20. The summed E-state index contributed by atoms with van der Waals surface area (Å²) in [5.41, 5.74) is 0. The molecule has 3 amide bonds. The van der Waals surface area contributed by atoms with Gasteiger partial charge in [-0.05, 0) is 6.08 Å². The molecule has 0 fully saturated rings. The molecule has 0 unspecified atom stereocenters. The molecule has 0 radical (unpaired) electrons. The smallest absolute Gasteiger partial charge is 0.321 e. The number of likely N-dealkylation sites (N-methyl/N-ethyl adjacent to an activating group) is 1. The lowest BCUT2D eigenvalue weighted by atomic mass is 10.5. The predicted octanol–water partition coefficient (Wildman–Crippen LogP) is -3.74. The van der Waals surface area contributed by atoms with E-state index in [-0.39, 0.29) is 0 Å². The van der Waals surface area contributed by atoms with Gasteiger partial charge < -0.3 is 20.1 Å². The molecule has 16 heavy (non-hydrogen) atoms. The molecule has 0 aromatic heterocycles. The number of imide groups is 1. The average Bonchev–Trinajstić information content (AvgIpc) is 2.14. The number of aliphatic carboxylic acids is 1. The van der Waals surface area contributed by atoms with E-state index < -0.39 is 17.9 Å². The molecule has 7 heteroatoms. The lowest BCUT2D eigenvalue weighted by molar-refractivity contribution is -0.856. The molecule has 0 aromatic carbocycles. The van der Waals surface area contributed by atoms with Gasteiger partial charge in [0.15, 0.2) is 0 Å². The van der Waals surface area contributed by atoms with Crippen molar-refractivity contribution in [2.45, 2.75) is 0 Å². The van der Waals surface area contributed by atoms with Gasteiger partial charge in [-0.25, -0.2) is 4.79 Å². The van der Waals surface area contributed by atoms with Crippen molar-refractivity contribution >= 4 is 17.9 Å². The van der Waals surface area contributed by atoms with Gasteiger partial charge in [0, 0.05) is 6.08 Å². The number of carbonyl (C=O) groups is 3. The Morgan fingerprint density at radius 3 is 2.38 bits per heavy atom. The van der Waals surface area contributed by atoms with Crippen LogP contribution in [0.25, 0.3) is 0 Å². The number of carboxylic acid groups (broad SMARTS) is 1. The maximum absolute atomic E-state index is 11.0. The third-order valence-corrected chi connectivity index (χ3v) is 1.52. The quantitative estimate of drug-likeness (QED) is 0.421. The molecule has 0 saturated carbocycles. The fourth-order valence-electron chi connectivity index (χ4n) is 0.768. The molecular weight excluding hydrogens is 214 g/mol. The van der Waals surface area contributed by atoms with E-state index in [1.807, 2.05) is 19.4 Å². The molecule has 3 N–H and O–H groups in total. The third kappa shape index (κ3) is 8.70. The van der Waals surface area contributed by atoms with Crippen LogP contribution in [0.2, 0.25) is 0 Å². The molecule has 0 saturated heterocycles. The summed E-state index contributed by atoms with van der Waals surface area (Å²) in [7, 11) is 3.85. The molecule has 0 rings (SSSR count). The van der Waals surface area contributed by atoms with Gasteiger partial charge in [0.1, 0.15) is 0 Å². The molecule has 0 aliphatic heterocycles. The fraction of sp³-hybridized carbons (Fsp3) is 0.444. The highest BCUT2D eigenvalue weighted by Gasteiger charge is 2.03. The number of hydrogen-bond acceptors (Lipinski definition) is 4. The fourth-order valence-corrected chi connectivity index (χ4v) is 0.768. The zero-order chi connectivity index (χ0) is 12.6. The van der Waals surface area contributed by atoms with Crippen LogP contribution in [0.4, 0.5) is 4.79 Å². The van der Waals surface area contributed by atoms with Gasteiger partial charge in [-0.2, -0.15) is 0 Å². The summed E-state index contributed by atoms with van der Waals surface area (Å²) in [5, 5.41) is 14.3. The highest BCUT2D eigenvalue weighted by molar-refractivity contribution is 6.02. The van der Waals surface area contributed by atoms with E-state index in [2.05, 4.69) is 5.32 Å². The van der Waals surface area contributed by atoms with Crippen molar-refractivity contribution in [3.8, 4) is 0 Å². The van der Waals surface area contributed by atoms with E-state index in [9.17, 15) is 19.5 Å². The summed E-state index contributed by atoms with van der Waals surface area (Å²) in [6, 6.07) is -0.658. The maximum Gasteiger partial charge on any atom is 0.321 e. The topological polar surface area (TPSA) is 103 Å². The van der Waals surface area contributed by atoms with E-state index in [1.54, 1.807) is 0 Å². The Bertz CT molecular complexity index is 299. The van der Waals surface area contributed by atoms with Crippen LogP contribution in [-0.4, -0.2) is 45.1 Å². The summed E-state index contributed by atoms with van der Waals surface area (Å²) in [4.78, 5) is 33.0. The van der Waals surface area contributed by atoms with Crippen LogP contribution >= 0.6 is 0 Å². The number of amides is 3. The number of nitrogens with one attached hydrogen (secondary N) is 3. The van der Waals surface area contributed by atoms with Crippen LogP contribution in [0, 0.1) is 0 Å². The van der Waals surface area contributed by atoms with Gasteiger partial charge in [-0.1, -0.05) is 0 Å². The average molecular weight is 229 g/mol. The van der Waals surface area contributed by atoms with Crippen molar-refractivity contribution in [1.29, 1.82) is 0 Å². The molecule has 0 spiro atoms. The number of carbonyl (C=O) groups excluding carboxylic acids is 3. The van der Waals surface area contributed by atoms with Gasteiger partial charge in [-0.15, -0.1) is 0 Å². The van der Waals surface area contributed by atoms with Crippen molar-refractivity contribution in [2.75, 3.05) is 27.2 Å². The van der Waals surface area contributed by atoms with Crippen molar-refractivity contribution in [3.63, 3.8) is 0 Å². The minimum absolute atomic E-state index is 0.422. The van der Waals surface area contributed by atoms with E-state index in [0.717, 1.165) is 11.4 Å². The molecule has 0 aliphatic carbocycles. The van der Waals surface area contributed by atoms with Crippen LogP contribution in [-0.2, 0) is 9.59 Å². The van der Waals surface area contributed by atoms with E-state index in [4.69, 9.17) is 0 Å². The first-order valence-electron chi connectivity index (χ1n) is 4.68. The molecule has 0 bridgehead atoms. The number of hydrogen-bond donors (Lipinski definition) is 3. The Morgan fingerprint density at radius 2 is 1.88 bits per heavy atom. The third-order valence-electron chi connectivity index (χ3n) is 1.52. The van der Waals surface area contributed by atoms with Gasteiger partial charge in [0.2, 0.25) is 0 Å². The SMILES string of the molecule is C[NH+](C)CCNC(=O)NC(=O)/C=C/C(=O)[O-]. The summed E-state index contributed by atoms with van der Waals surface area (Å²) in [6.45, 7) is 1.14. The minimum atomic E-state index is -1.49. The molecule has 0 aromatic rings. The van der Waals surface area contributed by atoms with E-state index in [1.165, 1.54) is 0 Å². The van der Waals surface area contributed by atoms with Gasteiger partial charge in [0.25, 0.3) is 5.91 Å². The number of quaternary nitrogens is 1. The minimum Gasteiger partial charge on any atom is -0.545 e. The van der Waals surface area contributed by atoms with E-state index >= 15 is 0 Å². The van der Waals surface area contributed by atoms with Gasteiger partial charge in [0.05, 0.1) is 33.2 Å². The monoisotopic (exact) mass is 229 g/mol. The van der Waals surface area contributed by atoms with Crippen molar-refractivity contribution in [1.82, 2.24) is 10.6 Å². The van der Waals surface area contributed by atoms with Gasteiger partial charge >= 0.3 is 6.03 Å². The standard InChI is InChI=1S/C9H15N3O4/c1-12(2)6-5-10-9(16)11-7(13)3-4-8(14)15/h3-4H,5-6H2,1-2H3,(H,14,15)(H2,10,11,13,16)/b4-3+. The second kappa shape index (κ2) is 7.41. The molecule has 0 aliphatic rings. The molecule has 0 heterocycles. The van der Waals surface area contributed by atoms with E-state index in [0.29, 0.717) is 18.7 Å². The zero-order valence-electron chi connectivity index (χ0n) is 9.20. The van der Waals surface area contributed by atoms with Crippen molar-refractivity contribution < 1.29 is 24.4 Å². The summed E-state index contributed by atoms with van der Waals surface area (Å²) >= 11 is 0. The number of urea groups is 1. The molecule has 90 valence electrons. The van der Waals surface area contributed by atoms with Crippen LogP contribution in [0.1, 0.15) is 0 Å². The van der Waals surface area contributed by atoms with Gasteiger partial charge in [-0.3, -0.25) is 10.1 Å². The first kappa shape index (κ1) is 14.1. The molecule has 0 atom stereocenters. The highest BCUT2D eigenvalue weighted by atomic mass is 16.4. The first-order valence-corrected chi connectivity index (χ1v) is 4.68. The Kier molecular flexibility index (Phi) is 6.53. The van der Waals surface area contributed by atoms with Crippen molar-refractivity contribution in [3.05, 3.63) is 12.2 Å². The molecule has 7 nitrogen and oxygen atoms in total. The summed E-state index contributed by atoms with van der Waals surface area (Å²) in [6.07, 6.45) is 1.26. The van der Waals surface area contributed by atoms with Crippen LogP contribution < -0.4 is 20.6 Å². The van der Waals surface area contributed by atoms with Crippen LogP contribution in [0.15, 0.2) is 12.2 Å². The second-order valence-electron chi connectivity index (χ2n) is 3.35. The number of rotatable bonds is 5. The first-order chi connectivity index (χ1) is 7.41. The van der Waals surface area contributed by atoms with Crippen LogP contribution in [0.5, 0.6) is 0 Å². The largest absolute Gasteiger partial charge is 0.545 e. The Labute approximate surface area is 93.1 Å². The second-order valence-corrected chi connectivity index (χ2v) is 3.35. The normalized spacial score (nSPS) is 10.4. The molecular formula is C9H15N3O4. The Morgan fingerprint density at radius 1 is 1.25 bits per heavy atom. The Hall–Kier alpha value is -1.89. The lowest BCUT2D eigenvalue weighted by Crippen LogP contribution is -3.06. The summed E-state index contributed by atoms with van der Waals surface area (Å²) < 4.78 is 0.